The molecule has 0 radical (unpaired) electrons. The SMILES string of the molecule is COc1ccc(-c2nc3n(c2-c2ccc(OC)cc2)C(=O)CS3)cc1. The van der Waals surface area contributed by atoms with E-state index in [1.54, 1.807) is 18.8 Å². The van der Waals surface area contributed by atoms with Gasteiger partial charge in [0.1, 0.15) is 11.5 Å². The minimum atomic E-state index is 0.0538. The molecule has 2 heterocycles. The Bertz CT molecular complexity index is 931. The molecule has 0 saturated carbocycles. The van der Waals surface area contributed by atoms with Gasteiger partial charge in [-0.3, -0.25) is 9.36 Å². The van der Waals surface area contributed by atoms with Crippen molar-refractivity contribution in [3.63, 3.8) is 0 Å². The molecule has 1 aliphatic rings. The summed E-state index contributed by atoms with van der Waals surface area (Å²) >= 11 is 1.47. The number of imidazole rings is 1. The first-order chi connectivity index (χ1) is 12.2. The topological polar surface area (TPSA) is 53.4 Å². The molecule has 2 aromatic carbocycles. The van der Waals surface area contributed by atoms with Gasteiger partial charge in [0.15, 0.2) is 5.16 Å². The number of hydrogen-bond acceptors (Lipinski definition) is 5. The number of carbonyl (C=O) groups excluding carboxylic acids is 1. The molecule has 1 aromatic heterocycles. The van der Waals surface area contributed by atoms with Crippen LogP contribution in [0.4, 0.5) is 0 Å². The van der Waals surface area contributed by atoms with E-state index in [1.807, 2.05) is 48.5 Å². The highest BCUT2D eigenvalue weighted by Gasteiger charge is 2.29. The van der Waals surface area contributed by atoms with Gasteiger partial charge in [-0.05, 0) is 48.5 Å². The van der Waals surface area contributed by atoms with Crippen molar-refractivity contribution in [1.82, 2.24) is 9.55 Å². The monoisotopic (exact) mass is 352 g/mol. The molecule has 4 rings (SSSR count). The van der Waals surface area contributed by atoms with Crippen LogP contribution in [0.3, 0.4) is 0 Å². The third-order valence-electron chi connectivity index (χ3n) is 4.15. The molecule has 0 aliphatic carbocycles. The van der Waals surface area contributed by atoms with Gasteiger partial charge in [0.2, 0.25) is 5.91 Å². The molecule has 0 N–H and O–H groups in total. The smallest absolute Gasteiger partial charge is 0.243 e. The minimum absolute atomic E-state index is 0.0538. The molecule has 25 heavy (non-hydrogen) atoms. The van der Waals surface area contributed by atoms with Crippen molar-refractivity contribution in [3.8, 4) is 34.0 Å². The first-order valence-electron chi connectivity index (χ1n) is 7.79. The summed E-state index contributed by atoms with van der Waals surface area (Å²) in [5, 5.41) is 0.738. The average molecular weight is 352 g/mol. The van der Waals surface area contributed by atoms with E-state index in [0.29, 0.717) is 5.75 Å². The third kappa shape index (κ3) is 2.68. The van der Waals surface area contributed by atoms with Crippen LogP contribution in [-0.2, 0) is 0 Å². The molecule has 0 unspecified atom stereocenters. The van der Waals surface area contributed by atoms with E-state index in [9.17, 15) is 4.79 Å². The quantitative estimate of drug-likeness (QED) is 0.711. The molecule has 0 spiro atoms. The Kier molecular flexibility index (Phi) is 3.97. The molecule has 126 valence electrons. The predicted molar refractivity (Wildman–Crippen MR) is 97.6 cm³/mol. The molecule has 6 heteroatoms. The van der Waals surface area contributed by atoms with Crippen LogP contribution < -0.4 is 9.47 Å². The van der Waals surface area contributed by atoms with Gasteiger partial charge in [-0.15, -0.1) is 0 Å². The highest BCUT2D eigenvalue weighted by Crippen LogP contribution is 2.39. The van der Waals surface area contributed by atoms with E-state index in [0.717, 1.165) is 39.2 Å². The fraction of sp³-hybridized carbons (Fsp3) is 0.158. The number of hydrogen-bond donors (Lipinski definition) is 0. The van der Waals surface area contributed by atoms with Crippen LogP contribution in [0, 0.1) is 0 Å². The van der Waals surface area contributed by atoms with E-state index in [-0.39, 0.29) is 5.91 Å². The van der Waals surface area contributed by atoms with Gasteiger partial charge in [-0.1, -0.05) is 11.8 Å². The summed E-state index contributed by atoms with van der Waals surface area (Å²) in [5.41, 5.74) is 3.49. The van der Waals surface area contributed by atoms with Gasteiger partial charge >= 0.3 is 0 Å². The molecular weight excluding hydrogens is 336 g/mol. The van der Waals surface area contributed by atoms with Crippen LogP contribution >= 0.6 is 11.8 Å². The Morgan fingerprint density at radius 2 is 1.48 bits per heavy atom. The summed E-state index contributed by atoms with van der Waals surface area (Å²) in [5.74, 6) is 2.04. The van der Waals surface area contributed by atoms with E-state index >= 15 is 0 Å². The second-order valence-corrected chi connectivity index (χ2v) is 6.51. The number of rotatable bonds is 4. The third-order valence-corrected chi connectivity index (χ3v) is 5.07. The fourth-order valence-corrected chi connectivity index (χ4v) is 3.74. The highest BCUT2D eigenvalue weighted by atomic mass is 32.2. The minimum Gasteiger partial charge on any atom is -0.497 e. The second-order valence-electron chi connectivity index (χ2n) is 5.57. The number of ether oxygens (including phenoxy) is 2. The van der Waals surface area contributed by atoms with Crippen molar-refractivity contribution in [1.29, 1.82) is 0 Å². The summed E-state index contributed by atoms with van der Waals surface area (Å²) < 4.78 is 12.2. The number of methoxy groups -OCH3 is 2. The van der Waals surface area contributed by atoms with Crippen molar-refractivity contribution >= 4 is 17.7 Å². The lowest BCUT2D eigenvalue weighted by molar-refractivity contribution is 0.0941. The van der Waals surface area contributed by atoms with Crippen LogP contribution in [0.1, 0.15) is 4.79 Å². The average Bonchev–Trinajstić information content (AvgIpc) is 3.22. The number of nitrogens with zero attached hydrogens (tertiary/aromatic N) is 2. The van der Waals surface area contributed by atoms with E-state index in [1.165, 1.54) is 11.8 Å². The molecule has 3 aromatic rings. The Morgan fingerprint density at radius 3 is 2.04 bits per heavy atom. The molecule has 0 bridgehead atoms. The first-order valence-corrected chi connectivity index (χ1v) is 8.77. The maximum absolute atomic E-state index is 12.4. The summed E-state index contributed by atoms with van der Waals surface area (Å²) in [6, 6.07) is 15.4. The highest BCUT2D eigenvalue weighted by molar-refractivity contribution is 8.00. The summed E-state index contributed by atoms with van der Waals surface area (Å²) in [6.07, 6.45) is 0. The van der Waals surface area contributed by atoms with Gasteiger partial charge in [-0.25, -0.2) is 4.98 Å². The van der Waals surface area contributed by atoms with Gasteiger partial charge < -0.3 is 9.47 Å². The number of carbonyl (C=O) groups is 1. The Balaban J connectivity index is 1.89. The lowest BCUT2D eigenvalue weighted by Crippen LogP contribution is -2.08. The van der Waals surface area contributed by atoms with Crippen LogP contribution in [0.2, 0.25) is 0 Å². The standard InChI is InChI=1S/C19H16N2O3S/c1-23-14-7-3-12(4-8-14)17-18(13-5-9-15(24-2)10-6-13)21-16(22)11-25-19(21)20-17/h3-10H,11H2,1-2H3. The zero-order valence-electron chi connectivity index (χ0n) is 13.9. The zero-order valence-corrected chi connectivity index (χ0v) is 14.7. The number of thioether (sulfide) groups is 1. The van der Waals surface area contributed by atoms with Crippen LogP contribution in [0.15, 0.2) is 53.7 Å². The lowest BCUT2D eigenvalue weighted by atomic mass is 10.0. The first kappa shape index (κ1) is 15.8. The maximum atomic E-state index is 12.4. The number of aromatic nitrogens is 2. The van der Waals surface area contributed by atoms with Gasteiger partial charge in [0, 0.05) is 11.1 Å². The Morgan fingerprint density at radius 1 is 0.920 bits per heavy atom. The lowest BCUT2D eigenvalue weighted by Gasteiger charge is -2.09. The van der Waals surface area contributed by atoms with Crippen LogP contribution in [-0.4, -0.2) is 35.4 Å². The maximum Gasteiger partial charge on any atom is 0.243 e. The summed E-state index contributed by atoms with van der Waals surface area (Å²) in [4.78, 5) is 17.1. The van der Waals surface area contributed by atoms with Crippen molar-refractivity contribution in [3.05, 3.63) is 48.5 Å². The normalized spacial score (nSPS) is 13.0. The van der Waals surface area contributed by atoms with Crippen molar-refractivity contribution in [2.24, 2.45) is 0 Å². The number of benzene rings is 2. The van der Waals surface area contributed by atoms with Crippen molar-refractivity contribution < 1.29 is 14.3 Å². The van der Waals surface area contributed by atoms with Crippen molar-refractivity contribution in [2.75, 3.05) is 20.0 Å². The molecule has 0 amide bonds. The second kappa shape index (κ2) is 6.29. The Labute approximate surface area is 149 Å². The van der Waals surface area contributed by atoms with E-state index in [2.05, 4.69) is 0 Å². The number of fused-ring (bicyclic) bond motifs is 1. The zero-order chi connectivity index (χ0) is 17.4. The van der Waals surface area contributed by atoms with E-state index in [4.69, 9.17) is 14.5 Å². The van der Waals surface area contributed by atoms with E-state index < -0.39 is 0 Å². The molecule has 0 atom stereocenters. The Hall–Kier alpha value is -2.73. The van der Waals surface area contributed by atoms with Crippen LogP contribution in [0.25, 0.3) is 22.5 Å². The molecule has 0 saturated heterocycles. The molecule has 5 nitrogen and oxygen atoms in total. The fourth-order valence-electron chi connectivity index (χ4n) is 2.88. The predicted octanol–water partition coefficient (Wildman–Crippen LogP) is 3.98. The molecular formula is C19H16N2O3S. The molecule has 0 fully saturated rings. The van der Waals surface area contributed by atoms with Gasteiger partial charge in [0.05, 0.1) is 31.4 Å². The molecule has 1 aliphatic heterocycles. The largest absolute Gasteiger partial charge is 0.497 e. The summed E-state index contributed by atoms with van der Waals surface area (Å²) in [7, 11) is 3.27. The summed E-state index contributed by atoms with van der Waals surface area (Å²) in [6.45, 7) is 0. The van der Waals surface area contributed by atoms with Gasteiger partial charge in [-0.2, -0.15) is 0 Å². The van der Waals surface area contributed by atoms with Crippen LogP contribution in [0.5, 0.6) is 11.5 Å². The van der Waals surface area contributed by atoms with Crippen molar-refractivity contribution in [2.45, 2.75) is 5.16 Å². The van der Waals surface area contributed by atoms with Gasteiger partial charge in [0.25, 0.3) is 0 Å².